The Morgan fingerprint density at radius 3 is 2.38 bits per heavy atom. The second-order valence-electron chi connectivity index (χ2n) is 5.25. The Kier molecular flexibility index (Phi) is 5.96. The monoisotopic (exact) mass is 278 g/mol. The van der Waals surface area contributed by atoms with Gasteiger partial charge in [-0.15, -0.1) is 0 Å². The molecule has 0 spiro atoms. The number of benzene rings is 2. The van der Waals surface area contributed by atoms with Crippen LogP contribution in [-0.2, 0) is 0 Å². The largest absolute Gasteiger partial charge is 0.294 e. The van der Waals surface area contributed by atoms with Gasteiger partial charge in [0.05, 0.1) is 0 Å². The normalized spacial score (nSPS) is 10.9. The van der Waals surface area contributed by atoms with E-state index in [0.29, 0.717) is 6.42 Å². The van der Waals surface area contributed by atoms with Crippen LogP contribution >= 0.6 is 0 Å². The van der Waals surface area contributed by atoms with Crippen LogP contribution in [0.5, 0.6) is 0 Å². The standard InChI is InChI=1S/C20H22O/c1-2-3-5-13-20(21)19-12-8-11-18(16-19)15-14-17-9-6-4-7-10-17/h4,6-12,14-16H,2-3,5,13H2,1H3/b15-14-. The fourth-order valence-electron chi connectivity index (χ4n) is 2.25. The summed E-state index contributed by atoms with van der Waals surface area (Å²) in [5, 5.41) is 0. The molecule has 0 aliphatic heterocycles. The van der Waals surface area contributed by atoms with Gasteiger partial charge in [-0.05, 0) is 23.6 Å². The molecular formula is C20H22O. The van der Waals surface area contributed by atoms with Gasteiger partial charge in [0.1, 0.15) is 0 Å². The Balaban J connectivity index is 2.04. The van der Waals surface area contributed by atoms with E-state index in [4.69, 9.17) is 0 Å². The van der Waals surface area contributed by atoms with Crippen molar-refractivity contribution >= 4 is 17.9 Å². The molecule has 0 aliphatic rings. The van der Waals surface area contributed by atoms with Crippen molar-refractivity contribution in [3.63, 3.8) is 0 Å². The van der Waals surface area contributed by atoms with Crippen LogP contribution in [0.2, 0.25) is 0 Å². The minimum Gasteiger partial charge on any atom is -0.294 e. The molecule has 0 atom stereocenters. The molecule has 0 aromatic heterocycles. The van der Waals surface area contributed by atoms with Crippen molar-refractivity contribution in [2.24, 2.45) is 0 Å². The molecule has 0 amide bonds. The first-order chi connectivity index (χ1) is 10.3. The number of rotatable bonds is 7. The molecule has 0 bridgehead atoms. The maximum absolute atomic E-state index is 12.1. The Hall–Kier alpha value is -2.15. The highest BCUT2D eigenvalue weighted by atomic mass is 16.1. The van der Waals surface area contributed by atoms with E-state index in [1.165, 1.54) is 0 Å². The van der Waals surface area contributed by atoms with Gasteiger partial charge in [-0.1, -0.05) is 80.4 Å². The highest BCUT2D eigenvalue weighted by Gasteiger charge is 2.05. The van der Waals surface area contributed by atoms with E-state index in [1.807, 2.05) is 42.5 Å². The van der Waals surface area contributed by atoms with Gasteiger partial charge in [0.25, 0.3) is 0 Å². The van der Waals surface area contributed by atoms with Gasteiger partial charge in [-0.25, -0.2) is 0 Å². The van der Waals surface area contributed by atoms with Gasteiger partial charge in [0, 0.05) is 12.0 Å². The number of carbonyl (C=O) groups is 1. The predicted octanol–water partition coefficient (Wildman–Crippen LogP) is 5.62. The molecule has 21 heavy (non-hydrogen) atoms. The van der Waals surface area contributed by atoms with Gasteiger partial charge in [-0.2, -0.15) is 0 Å². The van der Waals surface area contributed by atoms with Crippen LogP contribution < -0.4 is 0 Å². The van der Waals surface area contributed by atoms with Crippen LogP contribution in [0.3, 0.4) is 0 Å². The molecule has 1 nitrogen and oxygen atoms in total. The van der Waals surface area contributed by atoms with Crippen LogP contribution in [0.4, 0.5) is 0 Å². The van der Waals surface area contributed by atoms with Gasteiger partial charge in [-0.3, -0.25) is 4.79 Å². The maximum Gasteiger partial charge on any atom is 0.162 e. The van der Waals surface area contributed by atoms with Crippen LogP contribution in [0, 0.1) is 0 Å². The molecule has 1 heteroatoms. The number of unbranched alkanes of at least 4 members (excludes halogenated alkanes) is 2. The third-order valence-electron chi connectivity index (χ3n) is 3.48. The topological polar surface area (TPSA) is 17.1 Å². The highest BCUT2D eigenvalue weighted by Crippen LogP contribution is 2.13. The number of hydrogen-bond acceptors (Lipinski definition) is 1. The van der Waals surface area contributed by atoms with Crippen LogP contribution in [0.1, 0.15) is 54.1 Å². The summed E-state index contributed by atoms with van der Waals surface area (Å²) >= 11 is 0. The predicted molar refractivity (Wildman–Crippen MR) is 90.3 cm³/mol. The Morgan fingerprint density at radius 1 is 0.905 bits per heavy atom. The van der Waals surface area contributed by atoms with Crippen molar-refractivity contribution in [1.82, 2.24) is 0 Å². The molecule has 0 aliphatic carbocycles. The summed E-state index contributed by atoms with van der Waals surface area (Å²) in [4.78, 5) is 12.1. The van der Waals surface area contributed by atoms with E-state index in [0.717, 1.165) is 36.0 Å². The second-order valence-corrected chi connectivity index (χ2v) is 5.25. The molecule has 2 rings (SSSR count). The lowest BCUT2D eigenvalue weighted by molar-refractivity contribution is 0.0979. The number of ketones is 1. The third-order valence-corrected chi connectivity index (χ3v) is 3.48. The van der Waals surface area contributed by atoms with E-state index in [2.05, 4.69) is 31.2 Å². The minimum absolute atomic E-state index is 0.249. The average Bonchev–Trinajstić information content (AvgIpc) is 2.54. The van der Waals surface area contributed by atoms with Gasteiger partial charge in [0.15, 0.2) is 5.78 Å². The lowest BCUT2D eigenvalue weighted by atomic mass is 10.0. The van der Waals surface area contributed by atoms with Gasteiger partial charge >= 0.3 is 0 Å². The van der Waals surface area contributed by atoms with Crippen molar-refractivity contribution in [2.75, 3.05) is 0 Å². The SMILES string of the molecule is CCCCCC(=O)c1cccc(/C=C\c2ccccc2)c1. The summed E-state index contributed by atoms with van der Waals surface area (Å²) in [7, 11) is 0. The fraction of sp³-hybridized carbons (Fsp3) is 0.250. The molecular weight excluding hydrogens is 256 g/mol. The summed E-state index contributed by atoms with van der Waals surface area (Å²) in [6.45, 7) is 2.15. The van der Waals surface area contributed by atoms with Crippen LogP contribution in [-0.4, -0.2) is 5.78 Å². The summed E-state index contributed by atoms with van der Waals surface area (Å²) in [6, 6.07) is 18.1. The zero-order chi connectivity index (χ0) is 14.9. The highest BCUT2D eigenvalue weighted by molar-refractivity contribution is 5.96. The summed E-state index contributed by atoms with van der Waals surface area (Å²) in [6.07, 6.45) is 8.03. The summed E-state index contributed by atoms with van der Waals surface area (Å²) < 4.78 is 0. The summed E-state index contributed by atoms with van der Waals surface area (Å²) in [5.74, 6) is 0.249. The Morgan fingerprint density at radius 2 is 1.62 bits per heavy atom. The van der Waals surface area contributed by atoms with E-state index in [-0.39, 0.29) is 5.78 Å². The average molecular weight is 278 g/mol. The van der Waals surface area contributed by atoms with E-state index < -0.39 is 0 Å². The number of hydrogen-bond donors (Lipinski definition) is 0. The fourth-order valence-corrected chi connectivity index (χ4v) is 2.25. The van der Waals surface area contributed by atoms with Gasteiger partial charge in [0.2, 0.25) is 0 Å². The second kappa shape index (κ2) is 8.21. The van der Waals surface area contributed by atoms with Crippen LogP contribution in [0.15, 0.2) is 54.6 Å². The first-order valence-electron chi connectivity index (χ1n) is 7.66. The van der Waals surface area contributed by atoms with Crippen molar-refractivity contribution in [1.29, 1.82) is 0 Å². The van der Waals surface area contributed by atoms with Gasteiger partial charge < -0.3 is 0 Å². The molecule has 0 saturated heterocycles. The summed E-state index contributed by atoms with van der Waals surface area (Å²) in [5.41, 5.74) is 3.05. The smallest absolute Gasteiger partial charge is 0.162 e. The molecule has 0 fully saturated rings. The minimum atomic E-state index is 0.249. The lowest BCUT2D eigenvalue weighted by Gasteiger charge is -2.02. The third kappa shape index (κ3) is 5.03. The quantitative estimate of drug-likeness (QED) is 0.365. The molecule has 2 aromatic rings. The van der Waals surface area contributed by atoms with Crippen molar-refractivity contribution in [2.45, 2.75) is 32.6 Å². The zero-order valence-corrected chi connectivity index (χ0v) is 12.6. The molecule has 0 unspecified atom stereocenters. The number of Topliss-reactive ketones (excluding diaryl/α,β-unsaturated/α-hetero) is 1. The molecule has 0 heterocycles. The first-order valence-corrected chi connectivity index (χ1v) is 7.66. The lowest BCUT2D eigenvalue weighted by Crippen LogP contribution is -1.98. The molecule has 108 valence electrons. The molecule has 0 N–H and O–H groups in total. The molecule has 0 saturated carbocycles. The van der Waals surface area contributed by atoms with E-state index >= 15 is 0 Å². The first kappa shape index (κ1) is 15.2. The zero-order valence-electron chi connectivity index (χ0n) is 12.6. The van der Waals surface area contributed by atoms with Crippen molar-refractivity contribution in [3.05, 3.63) is 71.3 Å². The maximum atomic E-state index is 12.1. The Labute approximate surface area is 127 Å². The molecule has 0 radical (unpaired) electrons. The van der Waals surface area contributed by atoms with E-state index in [9.17, 15) is 4.79 Å². The van der Waals surface area contributed by atoms with Crippen LogP contribution in [0.25, 0.3) is 12.2 Å². The van der Waals surface area contributed by atoms with Crippen molar-refractivity contribution < 1.29 is 4.79 Å². The van der Waals surface area contributed by atoms with Crippen molar-refractivity contribution in [3.8, 4) is 0 Å². The molecule has 2 aromatic carbocycles. The Bertz CT molecular complexity index is 596. The van der Waals surface area contributed by atoms with E-state index in [1.54, 1.807) is 0 Å². The number of carbonyl (C=O) groups excluding carboxylic acids is 1.